The van der Waals surface area contributed by atoms with Crippen LogP contribution in [0.1, 0.15) is 0 Å². The fourth-order valence-corrected chi connectivity index (χ4v) is 7.61. The van der Waals surface area contributed by atoms with Crippen molar-refractivity contribution in [2.45, 2.75) is 0 Å². The second-order valence-corrected chi connectivity index (χ2v) is 14.6. The predicted molar refractivity (Wildman–Crippen MR) is 242 cm³/mol. The SMILES string of the molecule is c1cncc(-c2cccc(-c3ccnc(-c4cc(-c5cc(-c6cccc(-c7cccnc7)c6)ccn5)cc(-c5cc(-c6cccc(-c7cccnc7)c6)ccn5)c4)c3)c2)c1. The molecule has 6 heteroatoms. The highest BCUT2D eigenvalue weighted by Crippen LogP contribution is 2.36. The molecule has 0 aliphatic heterocycles. The average molecular weight is 769 g/mol. The molecule has 10 rings (SSSR count). The minimum absolute atomic E-state index is 0.850. The van der Waals surface area contributed by atoms with E-state index in [9.17, 15) is 0 Å². The summed E-state index contributed by atoms with van der Waals surface area (Å²) in [5, 5.41) is 0. The van der Waals surface area contributed by atoms with Crippen molar-refractivity contribution in [3.8, 4) is 101 Å². The van der Waals surface area contributed by atoms with Gasteiger partial charge in [-0.05, 0) is 141 Å². The molecular formula is C54H36N6. The molecule has 0 amide bonds. The Hall–Kier alpha value is -8.22. The van der Waals surface area contributed by atoms with E-state index in [0.29, 0.717) is 0 Å². The molecule has 6 heterocycles. The van der Waals surface area contributed by atoms with E-state index in [1.165, 1.54) is 0 Å². The van der Waals surface area contributed by atoms with Crippen molar-refractivity contribution in [3.05, 3.63) is 220 Å². The maximum absolute atomic E-state index is 4.93. The van der Waals surface area contributed by atoms with Crippen LogP contribution in [0.5, 0.6) is 0 Å². The molecule has 60 heavy (non-hydrogen) atoms. The zero-order valence-corrected chi connectivity index (χ0v) is 32.5. The van der Waals surface area contributed by atoms with Crippen LogP contribution >= 0.6 is 0 Å². The van der Waals surface area contributed by atoms with E-state index in [0.717, 1.165) is 101 Å². The monoisotopic (exact) mass is 768 g/mol. The Bertz CT molecular complexity index is 2750. The third-order valence-corrected chi connectivity index (χ3v) is 10.7. The van der Waals surface area contributed by atoms with Crippen molar-refractivity contribution in [2.75, 3.05) is 0 Å². The maximum Gasteiger partial charge on any atom is 0.0708 e. The van der Waals surface area contributed by atoms with Crippen molar-refractivity contribution in [1.29, 1.82) is 0 Å². The van der Waals surface area contributed by atoms with Gasteiger partial charge in [-0.2, -0.15) is 0 Å². The van der Waals surface area contributed by atoms with Gasteiger partial charge in [-0.3, -0.25) is 29.9 Å². The van der Waals surface area contributed by atoms with Gasteiger partial charge in [0, 0.05) is 89.2 Å². The zero-order valence-electron chi connectivity index (χ0n) is 32.5. The largest absolute Gasteiger partial charge is 0.264 e. The zero-order chi connectivity index (χ0) is 40.1. The van der Waals surface area contributed by atoms with Gasteiger partial charge in [0.1, 0.15) is 0 Å². The van der Waals surface area contributed by atoms with Gasteiger partial charge in [-0.15, -0.1) is 0 Å². The Labute approximate surface area is 348 Å². The van der Waals surface area contributed by atoms with Crippen LogP contribution < -0.4 is 0 Å². The van der Waals surface area contributed by atoms with Gasteiger partial charge in [-0.1, -0.05) is 72.8 Å². The molecule has 6 nitrogen and oxygen atoms in total. The third kappa shape index (κ3) is 7.73. The van der Waals surface area contributed by atoms with E-state index in [2.05, 4.69) is 161 Å². The Morgan fingerprint density at radius 3 is 0.733 bits per heavy atom. The maximum atomic E-state index is 4.93. The van der Waals surface area contributed by atoms with Crippen LogP contribution in [0.3, 0.4) is 0 Å². The number of nitrogens with zero attached hydrogens (tertiary/aromatic N) is 6. The molecule has 0 saturated carbocycles. The molecule has 0 N–H and O–H groups in total. The number of hydrogen-bond acceptors (Lipinski definition) is 6. The van der Waals surface area contributed by atoms with Gasteiger partial charge in [-0.25, -0.2) is 0 Å². The normalized spacial score (nSPS) is 11.0. The van der Waals surface area contributed by atoms with Crippen LogP contribution in [-0.4, -0.2) is 29.9 Å². The van der Waals surface area contributed by atoms with Gasteiger partial charge < -0.3 is 0 Å². The van der Waals surface area contributed by atoms with Crippen LogP contribution in [0, 0.1) is 0 Å². The lowest BCUT2D eigenvalue weighted by Crippen LogP contribution is -1.93. The van der Waals surface area contributed by atoms with E-state index in [1.54, 1.807) is 18.6 Å². The molecule has 4 aromatic carbocycles. The molecule has 0 aliphatic rings. The molecule has 10 aromatic rings. The molecular weight excluding hydrogens is 733 g/mol. The Balaban J connectivity index is 1.07. The summed E-state index contributed by atoms with van der Waals surface area (Å²) in [6.07, 6.45) is 16.7. The third-order valence-electron chi connectivity index (χ3n) is 10.7. The van der Waals surface area contributed by atoms with Gasteiger partial charge in [0.25, 0.3) is 0 Å². The average Bonchev–Trinajstić information content (AvgIpc) is 3.35. The quantitative estimate of drug-likeness (QED) is 0.145. The van der Waals surface area contributed by atoms with E-state index in [-0.39, 0.29) is 0 Å². The van der Waals surface area contributed by atoms with Crippen molar-refractivity contribution in [1.82, 2.24) is 29.9 Å². The number of benzene rings is 4. The van der Waals surface area contributed by atoms with Crippen molar-refractivity contribution < 1.29 is 0 Å². The van der Waals surface area contributed by atoms with Crippen LogP contribution in [0.15, 0.2) is 220 Å². The molecule has 6 aromatic heterocycles. The minimum atomic E-state index is 0.850. The van der Waals surface area contributed by atoms with E-state index >= 15 is 0 Å². The van der Waals surface area contributed by atoms with Crippen molar-refractivity contribution in [2.24, 2.45) is 0 Å². The molecule has 0 fully saturated rings. The lowest BCUT2D eigenvalue weighted by Gasteiger charge is -2.13. The summed E-state index contributed by atoms with van der Waals surface area (Å²) in [4.78, 5) is 27.8. The summed E-state index contributed by atoms with van der Waals surface area (Å²) in [5.41, 5.74) is 18.5. The number of aromatic nitrogens is 6. The first kappa shape index (κ1) is 36.1. The lowest BCUT2D eigenvalue weighted by atomic mass is 9.94. The topological polar surface area (TPSA) is 77.3 Å². The molecule has 0 atom stereocenters. The summed E-state index contributed by atoms with van der Waals surface area (Å²) in [5.74, 6) is 0. The summed E-state index contributed by atoms with van der Waals surface area (Å²) in [6, 6.07) is 57.0. The fraction of sp³-hybridized carbons (Fsp3) is 0. The Morgan fingerprint density at radius 2 is 0.450 bits per heavy atom. The second kappa shape index (κ2) is 16.3. The summed E-state index contributed by atoms with van der Waals surface area (Å²) in [7, 11) is 0. The van der Waals surface area contributed by atoms with Crippen molar-refractivity contribution in [3.63, 3.8) is 0 Å². The second-order valence-electron chi connectivity index (χ2n) is 14.6. The summed E-state index contributed by atoms with van der Waals surface area (Å²) >= 11 is 0. The van der Waals surface area contributed by atoms with E-state index < -0.39 is 0 Å². The molecule has 0 spiro atoms. The lowest BCUT2D eigenvalue weighted by molar-refractivity contribution is 1.30. The van der Waals surface area contributed by atoms with Crippen LogP contribution in [0.4, 0.5) is 0 Å². The molecule has 0 radical (unpaired) electrons. The smallest absolute Gasteiger partial charge is 0.0708 e. The predicted octanol–water partition coefficient (Wildman–Crippen LogP) is 13.1. The number of pyridine rings is 6. The molecule has 0 unspecified atom stereocenters. The van der Waals surface area contributed by atoms with Gasteiger partial charge >= 0.3 is 0 Å². The first-order valence-corrected chi connectivity index (χ1v) is 19.8. The van der Waals surface area contributed by atoms with Crippen molar-refractivity contribution >= 4 is 0 Å². The van der Waals surface area contributed by atoms with Crippen LogP contribution in [0.25, 0.3) is 101 Å². The highest BCUT2D eigenvalue weighted by atomic mass is 14.7. The van der Waals surface area contributed by atoms with Gasteiger partial charge in [0.05, 0.1) is 17.1 Å². The molecule has 0 saturated heterocycles. The van der Waals surface area contributed by atoms with E-state index in [4.69, 9.17) is 15.0 Å². The Kier molecular flexibility index (Phi) is 9.84. The van der Waals surface area contributed by atoms with E-state index in [1.807, 2.05) is 55.4 Å². The molecule has 282 valence electrons. The van der Waals surface area contributed by atoms with Crippen LogP contribution in [0.2, 0.25) is 0 Å². The highest BCUT2D eigenvalue weighted by molar-refractivity contribution is 5.84. The van der Waals surface area contributed by atoms with Gasteiger partial charge in [0.15, 0.2) is 0 Å². The number of rotatable bonds is 9. The Morgan fingerprint density at radius 1 is 0.200 bits per heavy atom. The first-order chi connectivity index (χ1) is 29.7. The van der Waals surface area contributed by atoms with Gasteiger partial charge in [0.2, 0.25) is 0 Å². The van der Waals surface area contributed by atoms with Crippen LogP contribution in [-0.2, 0) is 0 Å². The summed E-state index contributed by atoms with van der Waals surface area (Å²) < 4.78 is 0. The fourth-order valence-electron chi connectivity index (χ4n) is 7.61. The highest BCUT2D eigenvalue weighted by Gasteiger charge is 2.14. The molecule has 0 bridgehead atoms. The molecule has 0 aliphatic carbocycles. The summed E-state index contributed by atoms with van der Waals surface area (Å²) in [6.45, 7) is 0. The number of hydrogen-bond donors (Lipinski definition) is 0. The minimum Gasteiger partial charge on any atom is -0.264 e. The standard InChI is InChI=1S/C54H36N6/c1-7-37(25-40(10-1)46-13-4-19-55-34-46)43-16-22-58-52(31-43)49-28-50(53-32-44(17-23-59-53)38-8-2-11-41(26-38)47-14-5-20-56-35-47)30-51(29-49)54-33-45(18-24-60-54)39-9-3-12-42(27-39)48-15-6-21-57-36-48/h1-36H. The first-order valence-electron chi connectivity index (χ1n) is 19.8.